The van der Waals surface area contributed by atoms with Crippen LogP contribution in [0.3, 0.4) is 0 Å². The first kappa shape index (κ1) is 28.5. The number of ether oxygens (including phenoxy) is 3. The number of hydrogen-bond donors (Lipinski definition) is 2. The Balaban J connectivity index is 5.27. The molecule has 0 aliphatic heterocycles. The van der Waals surface area contributed by atoms with Crippen LogP contribution >= 0.6 is 0 Å². The first-order valence-electron chi connectivity index (χ1n) is 10.2. The number of alkyl carbamates (subject to hydrolysis) is 2. The molecule has 2 amide bonds. The first-order chi connectivity index (χ1) is 13.8. The van der Waals surface area contributed by atoms with Gasteiger partial charge in [-0.2, -0.15) is 0 Å². The quantitative estimate of drug-likeness (QED) is 0.289. The largest absolute Gasteiger partial charge is 0.458 e. The lowest BCUT2D eigenvalue weighted by Crippen LogP contribution is -2.46. The van der Waals surface area contributed by atoms with Gasteiger partial charge in [-0.15, -0.1) is 0 Å². The number of rotatable bonds is 5. The number of guanidine groups is 1. The van der Waals surface area contributed by atoms with Gasteiger partial charge in [-0.3, -0.25) is 10.3 Å². The summed E-state index contributed by atoms with van der Waals surface area (Å²) in [7, 11) is 3.42. The first-order valence-corrected chi connectivity index (χ1v) is 10.2. The molecule has 180 valence electrons. The lowest BCUT2D eigenvalue weighted by Gasteiger charge is -2.26. The van der Waals surface area contributed by atoms with E-state index in [1.807, 2.05) is 0 Å². The summed E-state index contributed by atoms with van der Waals surface area (Å²) in [6.45, 7) is 15.8. The van der Waals surface area contributed by atoms with Gasteiger partial charge in [0.25, 0.3) is 0 Å². The van der Waals surface area contributed by atoms with Crippen LogP contribution in [0, 0.1) is 0 Å². The van der Waals surface area contributed by atoms with Gasteiger partial charge in [0, 0.05) is 20.6 Å². The zero-order valence-electron chi connectivity index (χ0n) is 20.8. The molecular formula is C21H40N4O6. The highest BCUT2D eigenvalue weighted by Gasteiger charge is 2.28. The van der Waals surface area contributed by atoms with Gasteiger partial charge in [0.1, 0.15) is 22.8 Å². The summed E-state index contributed by atoms with van der Waals surface area (Å²) in [5, 5.41) is 5.11. The Bertz CT molecular complexity index is 654. The molecule has 0 rings (SSSR count). The van der Waals surface area contributed by atoms with Crippen molar-refractivity contribution < 1.29 is 28.6 Å². The predicted molar refractivity (Wildman–Crippen MR) is 119 cm³/mol. The van der Waals surface area contributed by atoms with Crippen LogP contribution in [0.5, 0.6) is 0 Å². The normalized spacial score (nSPS) is 13.7. The third kappa shape index (κ3) is 15.0. The average Bonchev–Trinajstić information content (AvgIpc) is 2.47. The Kier molecular flexibility index (Phi) is 10.3. The van der Waals surface area contributed by atoms with Crippen LogP contribution in [-0.2, 0) is 19.0 Å². The van der Waals surface area contributed by atoms with Crippen LogP contribution in [-0.4, -0.2) is 72.5 Å². The molecule has 10 heteroatoms. The average molecular weight is 445 g/mol. The molecule has 0 spiro atoms. The minimum atomic E-state index is -0.970. The van der Waals surface area contributed by atoms with Crippen LogP contribution in [0.1, 0.15) is 68.7 Å². The number of amides is 2. The second-order valence-electron chi connectivity index (χ2n) is 10.2. The minimum Gasteiger partial charge on any atom is -0.458 e. The smallest absolute Gasteiger partial charge is 0.414 e. The number of esters is 1. The van der Waals surface area contributed by atoms with Crippen molar-refractivity contribution in [1.29, 1.82) is 0 Å². The Morgan fingerprint density at radius 2 is 1.26 bits per heavy atom. The maximum Gasteiger partial charge on any atom is 0.414 e. The van der Waals surface area contributed by atoms with Gasteiger partial charge in [-0.05, 0) is 68.7 Å². The van der Waals surface area contributed by atoms with E-state index in [-0.39, 0.29) is 18.9 Å². The van der Waals surface area contributed by atoms with Gasteiger partial charge >= 0.3 is 18.2 Å². The predicted octanol–water partition coefficient (Wildman–Crippen LogP) is 3.05. The maximum atomic E-state index is 12.6. The number of nitrogens with zero attached hydrogens (tertiary/aromatic N) is 2. The standard InChI is InChI=1S/C21H40N4O6/c1-19(2,3)29-15(26)14(23-17(27)30-20(4,5)6)12-13-22-16(25(10)11)24-18(28)31-21(7,8)9/h14H,12-13H2,1-11H3,(H,23,27)(H,22,24,28)/t14-/m0/s1. The van der Waals surface area contributed by atoms with Gasteiger partial charge < -0.3 is 24.4 Å². The van der Waals surface area contributed by atoms with Crippen molar-refractivity contribution in [3.63, 3.8) is 0 Å². The molecule has 1 atom stereocenters. The Morgan fingerprint density at radius 1 is 0.806 bits per heavy atom. The minimum absolute atomic E-state index is 0.128. The fourth-order valence-electron chi connectivity index (χ4n) is 2.06. The Hall–Kier alpha value is -2.52. The van der Waals surface area contributed by atoms with Crippen LogP contribution in [0.2, 0.25) is 0 Å². The van der Waals surface area contributed by atoms with Gasteiger partial charge in [0.2, 0.25) is 5.96 Å². The molecule has 0 fully saturated rings. The molecule has 2 N–H and O–H groups in total. The van der Waals surface area contributed by atoms with Crippen molar-refractivity contribution in [3.05, 3.63) is 0 Å². The highest BCUT2D eigenvalue weighted by atomic mass is 16.6. The summed E-state index contributed by atoms with van der Waals surface area (Å²) >= 11 is 0. The van der Waals surface area contributed by atoms with Crippen LogP contribution in [0.15, 0.2) is 4.99 Å². The Labute approximate surface area is 186 Å². The van der Waals surface area contributed by atoms with E-state index in [4.69, 9.17) is 14.2 Å². The molecule has 0 radical (unpaired) electrons. The van der Waals surface area contributed by atoms with Crippen molar-refractivity contribution >= 4 is 24.1 Å². The molecule has 10 nitrogen and oxygen atoms in total. The molecule has 0 unspecified atom stereocenters. The number of hydrogen-bond acceptors (Lipinski definition) is 7. The summed E-state index contributed by atoms with van der Waals surface area (Å²) < 4.78 is 15.9. The lowest BCUT2D eigenvalue weighted by atomic mass is 10.1. The molecule has 0 aliphatic rings. The van der Waals surface area contributed by atoms with E-state index in [2.05, 4.69) is 15.6 Å². The summed E-state index contributed by atoms with van der Waals surface area (Å²) in [5.74, 6) is -0.338. The van der Waals surface area contributed by atoms with Crippen LogP contribution in [0.25, 0.3) is 0 Å². The van der Waals surface area contributed by atoms with E-state index in [1.54, 1.807) is 81.3 Å². The van der Waals surface area contributed by atoms with Crippen molar-refractivity contribution in [2.24, 2.45) is 4.99 Å². The highest BCUT2D eigenvalue weighted by Crippen LogP contribution is 2.12. The van der Waals surface area contributed by atoms with Crippen LogP contribution in [0.4, 0.5) is 9.59 Å². The molecule has 0 saturated heterocycles. The van der Waals surface area contributed by atoms with Crippen molar-refractivity contribution in [3.8, 4) is 0 Å². The van der Waals surface area contributed by atoms with Crippen molar-refractivity contribution in [2.45, 2.75) is 91.6 Å². The van der Waals surface area contributed by atoms with Gasteiger partial charge in [0.05, 0.1) is 0 Å². The fourth-order valence-corrected chi connectivity index (χ4v) is 2.06. The van der Waals surface area contributed by atoms with Crippen LogP contribution < -0.4 is 10.6 Å². The second-order valence-corrected chi connectivity index (χ2v) is 10.2. The molecule has 31 heavy (non-hydrogen) atoms. The van der Waals surface area contributed by atoms with E-state index in [0.29, 0.717) is 0 Å². The van der Waals surface area contributed by atoms with Crippen molar-refractivity contribution in [1.82, 2.24) is 15.5 Å². The molecule has 0 aliphatic carbocycles. The zero-order valence-corrected chi connectivity index (χ0v) is 20.8. The van der Waals surface area contributed by atoms with Crippen molar-refractivity contribution in [2.75, 3.05) is 20.6 Å². The lowest BCUT2D eigenvalue weighted by molar-refractivity contribution is -0.157. The SMILES string of the molecule is CN(C)C(=NCC[C@H](NC(=O)OC(C)(C)C)C(=O)OC(C)(C)C)NC(=O)OC(C)(C)C. The van der Waals surface area contributed by atoms with E-state index < -0.39 is 41.0 Å². The van der Waals surface area contributed by atoms with E-state index in [0.717, 1.165) is 0 Å². The molecule has 0 heterocycles. The third-order valence-corrected chi connectivity index (χ3v) is 3.10. The number of carbonyl (C=O) groups is 3. The maximum absolute atomic E-state index is 12.6. The monoisotopic (exact) mass is 444 g/mol. The summed E-state index contributed by atoms with van der Waals surface area (Å²) in [5.41, 5.74) is -2.09. The zero-order chi connectivity index (χ0) is 24.6. The number of carbonyl (C=O) groups excluding carboxylic acids is 3. The molecule has 0 aromatic carbocycles. The number of aliphatic imine (C=N–C) groups is 1. The summed E-state index contributed by atoms with van der Waals surface area (Å²) in [6, 6.07) is -0.970. The fraction of sp³-hybridized carbons (Fsp3) is 0.810. The van der Waals surface area contributed by atoms with Gasteiger partial charge in [-0.1, -0.05) is 0 Å². The van der Waals surface area contributed by atoms with Gasteiger partial charge in [-0.25, -0.2) is 14.4 Å². The van der Waals surface area contributed by atoms with E-state index >= 15 is 0 Å². The second kappa shape index (κ2) is 11.2. The molecule has 0 bridgehead atoms. The highest BCUT2D eigenvalue weighted by molar-refractivity contribution is 5.93. The molecule has 0 saturated carbocycles. The Morgan fingerprint density at radius 3 is 1.68 bits per heavy atom. The van der Waals surface area contributed by atoms with Gasteiger partial charge in [0.15, 0.2) is 0 Å². The van der Waals surface area contributed by atoms with E-state index in [1.165, 1.54) is 0 Å². The molecule has 0 aromatic heterocycles. The summed E-state index contributed by atoms with van der Waals surface area (Å²) in [6.07, 6.45) is -1.23. The summed E-state index contributed by atoms with van der Waals surface area (Å²) in [4.78, 5) is 42.7. The topological polar surface area (TPSA) is 119 Å². The van der Waals surface area contributed by atoms with E-state index in [9.17, 15) is 14.4 Å². The molecular weight excluding hydrogens is 404 g/mol. The molecule has 0 aromatic rings. The third-order valence-electron chi connectivity index (χ3n) is 3.10. The number of nitrogens with one attached hydrogen (secondary N) is 2.